The number of alkyl halides is 1. The monoisotopic (exact) mass is 527 g/mol. The van der Waals surface area contributed by atoms with Gasteiger partial charge in [-0.1, -0.05) is 0 Å². The molecule has 5 rings (SSSR count). The predicted octanol–water partition coefficient (Wildman–Crippen LogP) is 4.63. The van der Waals surface area contributed by atoms with E-state index < -0.39 is 23.3 Å². The number of fused-ring (bicyclic) bond motifs is 1. The summed E-state index contributed by atoms with van der Waals surface area (Å²) in [5.41, 5.74) is 2.25. The molecule has 2 heterocycles. The molecule has 3 aromatic rings. The summed E-state index contributed by atoms with van der Waals surface area (Å²) < 4.78 is 15.8. The van der Waals surface area contributed by atoms with Crippen molar-refractivity contribution in [2.75, 3.05) is 17.2 Å². The van der Waals surface area contributed by atoms with Crippen LogP contribution >= 0.6 is 11.3 Å². The first-order valence-corrected chi connectivity index (χ1v) is 13.6. The van der Waals surface area contributed by atoms with Gasteiger partial charge in [-0.05, 0) is 76.5 Å². The summed E-state index contributed by atoms with van der Waals surface area (Å²) >= 11 is 1.55. The van der Waals surface area contributed by atoms with E-state index >= 15 is 0 Å². The number of pyridine rings is 1. The second-order valence-electron chi connectivity index (χ2n) is 11.1. The largest absolute Gasteiger partial charge is 0.390 e. The molecular weight excluding hydrogens is 493 g/mol. The van der Waals surface area contributed by atoms with Gasteiger partial charge in [0.15, 0.2) is 0 Å². The maximum absolute atomic E-state index is 14.7. The van der Waals surface area contributed by atoms with E-state index in [1.54, 1.807) is 22.9 Å². The lowest BCUT2D eigenvalue weighted by Gasteiger charge is -2.43. The van der Waals surface area contributed by atoms with Gasteiger partial charge in [-0.3, -0.25) is 4.79 Å². The van der Waals surface area contributed by atoms with Crippen LogP contribution in [0.2, 0.25) is 0 Å². The van der Waals surface area contributed by atoms with Crippen LogP contribution in [0, 0.1) is 11.8 Å². The van der Waals surface area contributed by atoms with Crippen molar-refractivity contribution in [3.05, 3.63) is 41.5 Å². The zero-order valence-corrected chi connectivity index (χ0v) is 22.1. The van der Waals surface area contributed by atoms with Crippen molar-refractivity contribution in [3.8, 4) is 0 Å². The van der Waals surface area contributed by atoms with E-state index in [4.69, 9.17) is 0 Å². The van der Waals surface area contributed by atoms with Crippen molar-refractivity contribution >= 4 is 44.7 Å². The van der Waals surface area contributed by atoms with Crippen LogP contribution in [0.25, 0.3) is 10.2 Å². The Morgan fingerprint density at radius 1 is 1.16 bits per heavy atom. The summed E-state index contributed by atoms with van der Waals surface area (Å²) in [7, 11) is 0. The van der Waals surface area contributed by atoms with Crippen molar-refractivity contribution in [2.24, 2.45) is 11.8 Å². The fraction of sp³-hybridized carbons (Fsp3) is 0.519. The molecule has 198 valence electrons. The zero-order chi connectivity index (χ0) is 26.4. The highest BCUT2D eigenvalue weighted by atomic mass is 32.1. The maximum atomic E-state index is 14.7. The number of carbonyl (C=O) groups is 1. The second kappa shape index (κ2) is 9.81. The normalized spacial score (nSPS) is 22.1. The summed E-state index contributed by atoms with van der Waals surface area (Å²) in [6.45, 7) is 4.84. The molecule has 37 heavy (non-hydrogen) atoms. The molecule has 0 radical (unpaired) electrons. The predicted molar refractivity (Wildman–Crippen MR) is 144 cm³/mol. The van der Waals surface area contributed by atoms with Crippen LogP contribution in [0.5, 0.6) is 0 Å². The number of nitrogens with one attached hydrogen (secondary N) is 3. The average Bonchev–Trinajstić information content (AvgIpc) is 3.58. The van der Waals surface area contributed by atoms with Crippen LogP contribution in [-0.4, -0.2) is 56.0 Å². The fourth-order valence-corrected chi connectivity index (χ4v) is 5.56. The number of carbonyl (C=O) groups excluding carboxylic acids is 1. The standard InChI is InChI=1S/C27H34FN5O3S/c1-26(2,35)16-8-18(9-16)32-21-11-24(33-17-6-7-20-22(10-17)37-14-31-20)29-12-19(21)25(34)30-13-23(28)27(3,36)15-4-5-15/h6-7,10-12,14-16,18,23,35-36H,4-5,8-9,13H2,1-3H3,(H,30,34)(H2,29,32,33)/t16?,18?,23-,27?/m1/s1. The summed E-state index contributed by atoms with van der Waals surface area (Å²) in [6.07, 6.45) is 3.07. The number of amides is 1. The van der Waals surface area contributed by atoms with Gasteiger partial charge in [0.25, 0.3) is 5.91 Å². The van der Waals surface area contributed by atoms with Crippen molar-refractivity contribution in [1.82, 2.24) is 15.3 Å². The topological polar surface area (TPSA) is 119 Å². The molecule has 1 aromatic carbocycles. The van der Waals surface area contributed by atoms with Crippen LogP contribution in [0.1, 0.15) is 56.8 Å². The Balaban J connectivity index is 1.32. The molecule has 0 aliphatic heterocycles. The molecule has 0 bridgehead atoms. The number of aliphatic hydroxyl groups is 2. The van der Waals surface area contributed by atoms with Crippen LogP contribution in [0.15, 0.2) is 36.0 Å². The van der Waals surface area contributed by atoms with Crippen LogP contribution in [0.4, 0.5) is 21.6 Å². The van der Waals surface area contributed by atoms with Gasteiger partial charge in [-0.25, -0.2) is 14.4 Å². The summed E-state index contributed by atoms with van der Waals surface area (Å²) in [5, 5.41) is 30.1. The number of halogens is 1. The minimum Gasteiger partial charge on any atom is -0.390 e. The van der Waals surface area contributed by atoms with E-state index in [-0.39, 0.29) is 24.4 Å². The minimum absolute atomic E-state index is 0.0600. The third-order valence-corrected chi connectivity index (χ3v) is 8.52. The Kier molecular flexibility index (Phi) is 6.84. The molecule has 5 N–H and O–H groups in total. The Hall–Kier alpha value is -2.82. The van der Waals surface area contributed by atoms with E-state index in [0.29, 0.717) is 17.1 Å². The first-order chi connectivity index (χ1) is 17.5. The first kappa shape index (κ1) is 25.8. The molecule has 2 fully saturated rings. The Bertz CT molecular complexity index is 1280. The second-order valence-corrected chi connectivity index (χ2v) is 12.0. The van der Waals surface area contributed by atoms with E-state index in [2.05, 4.69) is 25.9 Å². The molecule has 0 spiro atoms. The third-order valence-electron chi connectivity index (χ3n) is 7.73. The Morgan fingerprint density at radius 2 is 1.92 bits per heavy atom. The molecule has 2 atom stereocenters. The molecule has 2 aliphatic carbocycles. The van der Waals surface area contributed by atoms with Crippen molar-refractivity contribution in [3.63, 3.8) is 0 Å². The molecule has 2 aromatic heterocycles. The van der Waals surface area contributed by atoms with Gasteiger partial charge >= 0.3 is 0 Å². The molecule has 1 amide bonds. The number of benzene rings is 1. The first-order valence-electron chi connectivity index (χ1n) is 12.7. The molecule has 0 saturated heterocycles. The summed E-state index contributed by atoms with van der Waals surface area (Å²) in [5.74, 6) is 0.210. The number of hydrogen-bond acceptors (Lipinski definition) is 8. The average molecular weight is 528 g/mol. The quantitative estimate of drug-likeness (QED) is 0.261. The number of anilines is 3. The minimum atomic E-state index is -1.56. The van der Waals surface area contributed by atoms with Gasteiger partial charge in [0, 0.05) is 24.0 Å². The summed E-state index contributed by atoms with van der Waals surface area (Å²) in [4.78, 5) is 21.8. The van der Waals surface area contributed by atoms with Crippen molar-refractivity contribution in [1.29, 1.82) is 0 Å². The van der Waals surface area contributed by atoms with Gasteiger partial charge in [0.2, 0.25) is 0 Å². The van der Waals surface area contributed by atoms with Crippen molar-refractivity contribution in [2.45, 2.75) is 69.9 Å². The highest BCUT2D eigenvalue weighted by Crippen LogP contribution is 2.42. The van der Waals surface area contributed by atoms with Crippen LogP contribution < -0.4 is 16.0 Å². The van der Waals surface area contributed by atoms with Gasteiger partial charge in [0.05, 0.1) is 44.7 Å². The Morgan fingerprint density at radius 3 is 2.62 bits per heavy atom. The molecule has 2 saturated carbocycles. The summed E-state index contributed by atoms with van der Waals surface area (Å²) in [6, 6.07) is 7.72. The SMILES string of the molecule is CC(C)(O)C1CC(Nc2cc(Nc3ccc4ncsc4c3)ncc2C(=O)NC[C@@H](F)C(C)(O)C2CC2)C1. The fourth-order valence-electron chi connectivity index (χ4n) is 4.84. The third kappa shape index (κ3) is 5.71. The number of thiazole rings is 1. The number of rotatable bonds is 10. The maximum Gasteiger partial charge on any atom is 0.255 e. The lowest BCUT2D eigenvalue weighted by molar-refractivity contribution is -0.0364. The molecule has 1 unspecified atom stereocenters. The Labute approximate surface area is 219 Å². The smallest absolute Gasteiger partial charge is 0.255 e. The van der Waals surface area contributed by atoms with E-state index in [1.807, 2.05) is 32.0 Å². The number of hydrogen-bond donors (Lipinski definition) is 5. The van der Waals surface area contributed by atoms with Crippen molar-refractivity contribution < 1.29 is 19.4 Å². The number of aromatic nitrogens is 2. The zero-order valence-electron chi connectivity index (χ0n) is 21.3. The van der Waals surface area contributed by atoms with E-state index in [1.165, 1.54) is 13.1 Å². The lowest BCUT2D eigenvalue weighted by Crippen LogP contribution is -2.47. The van der Waals surface area contributed by atoms with Gasteiger partial charge in [-0.15, -0.1) is 11.3 Å². The van der Waals surface area contributed by atoms with Crippen LogP contribution in [0.3, 0.4) is 0 Å². The van der Waals surface area contributed by atoms with E-state index in [0.717, 1.165) is 41.6 Å². The van der Waals surface area contributed by atoms with E-state index in [9.17, 15) is 19.4 Å². The molecular formula is C27H34FN5O3S. The van der Waals surface area contributed by atoms with Crippen LogP contribution in [-0.2, 0) is 0 Å². The number of nitrogens with zero attached hydrogens (tertiary/aromatic N) is 2. The van der Waals surface area contributed by atoms with Gasteiger partial charge in [0.1, 0.15) is 12.0 Å². The van der Waals surface area contributed by atoms with Gasteiger partial charge < -0.3 is 26.2 Å². The highest BCUT2D eigenvalue weighted by molar-refractivity contribution is 7.16. The van der Waals surface area contributed by atoms with Gasteiger partial charge in [-0.2, -0.15) is 0 Å². The molecule has 8 nitrogen and oxygen atoms in total. The lowest BCUT2D eigenvalue weighted by atomic mass is 9.71. The highest BCUT2D eigenvalue weighted by Gasteiger charge is 2.46. The molecule has 2 aliphatic rings. The molecule has 10 heteroatoms.